The van der Waals surface area contributed by atoms with Gasteiger partial charge in [-0.2, -0.15) is 8.94 Å². The summed E-state index contributed by atoms with van der Waals surface area (Å²) in [6.07, 6.45) is 6.89. The maximum Gasteiger partial charge on any atom is 0.268 e. The molecule has 2 fully saturated rings. The van der Waals surface area contributed by atoms with Crippen LogP contribution in [-0.4, -0.2) is 45.1 Å². The van der Waals surface area contributed by atoms with Crippen molar-refractivity contribution in [2.75, 3.05) is 6.61 Å². The van der Waals surface area contributed by atoms with Crippen molar-refractivity contribution in [3.63, 3.8) is 0 Å². The van der Waals surface area contributed by atoms with Crippen molar-refractivity contribution in [3.8, 4) is 0 Å². The number of aromatic nitrogens is 2. The lowest BCUT2D eigenvalue weighted by Crippen LogP contribution is -2.18. The number of sulfonamides is 1. The highest BCUT2D eigenvalue weighted by molar-refractivity contribution is 7.97. The first-order valence-corrected chi connectivity index (χ1v) is 10.8. The highest BCUT2D eigenvalue weighted by Gasteiger charge is 2.36. The van der Waals surface area contributed by atoms with Gasteiger partial charge in [0.2, 0.25) is 0 Å². The predicted molar refractivity (Wildman–Crippen MR) is 85.6 cm³/mol. The molecule has 0 radical (unpaired) electrons. The quantitative estimate of drug-likeness (QED) is 0.690. The topological polar surface area (TPSA) is 75.4 Å². The number of aliphatic hydroxyl groups is 1. The lowest BCUT2D eigenvalue weighted by atomic mass is 10.5. The van der Waals surface area contributed by atoms with E-state index in [1.165, 1.54) is 0 Å². The molecule has 1 aromatic heterocycles. The number of aryl methyl sites for hydroxylation is 1. The molecule has 0 aliphatic heterocycles. The molecule has 118 valence electrons. The van der Waals surface area contributed by atoms with Crippen molar-refractivity contribution in [1.82, 2.24) is 13.6 Å². The van der Waals surface area contributed by atoms with E-state index >= 15 is 0 Å². The van der Waals surface area contributed by atoms with Gasteiger partial charge in [-0.05, 0) is 67.0 Å². The fraction of sp³-hybridized carbons (Fsp3) is 0.750. The molecule has 2 saturated carbocycles. The first kappa shape index (κ1) is 15.8. The van der Waals surface area contributed by atoms with Gasteiger partial charge in [0.15, 0.2) is 5.03 Å². The smallest absolute Gasteiger partial charge is 0.268 e. The molecule has 2 unspecified atom stereocenters. The molecule has 2 atom stereocenters. The Hall–Kier alpha value is -0.0600. The molecule has 1 N–H and O–H groups in total. The molecule has 1 aromatic rings. The molecule has 3 rings (SSSR count). The lowest BCUT2D eigenvalue weighted by molar-refractivity contribution is 0.276. The van der Waals surface area contributed by atoms with Crippen molar-refractivity contribution >= 4 is 27.5 Å². The number of aliphatic hydroxyl groups excluding tert-OH is 1. The van der Waals surface area contributed by atoms with E-state index in [2.05, 4.69) is 5.10 Å². The summed E-state index contributed by atoms with van der Waals surface area (Å²) in [6.45, 7) is 0.627. The Bertz CT molecular complexity index is 570. The molecule has 0 bridgehead atoms. The van der Waals surface area contributed by atoms with Crippen LogP contribution in [0.1, 0.15) is 32.1 Å². The zero-order chi connectivity index (χ0) is 14.9. The summed E-state index contributed by atoms with van der Waals surface area (Å²) >= 11 is 0. The van der Waals surface area contributed by atoms with Crippen LogP contribution >= 0.6 is 17.5 Å². The standard InChI is InChI=1S/C12H21N3O3P2S/c16-9-1-7-14-8-6-12(13-14)21(17,18)15(19-10-2-3-10)20-11-4-5-11/h6,8,10-11,16,19-20H,1-5,7,9H2. The minimum Gasteiger partial charge on any atom is -0.396 e. The predicted octanol–water partition coefficient (Wildman–Crippen LogP) is 1.77. The molecule has 0 amide bonds. The maximum atomic E-state index is 12.8. The van der Waals surface area contributed by atoms with E-state index in [-0.39, 0.29) is 11.6 Å². The van der Waals surface area contributed by atoms with Gasteiger partial charge in [-0.1, -0.05) is 0 Å². The Balaban J connectivity index is 1.73. The maximum absolute atomic E-state index is 12.8. The first-order chi connectivity index (χ1) is 10.1. The van der Waals surface area contributed by atoms with E-state index in [0.29, 0.717) is 41.7 Å². The van der Waals surface area contributed by atoms with Gasteiger partial charge in [-0.25, -0.2) is 8.42 Å². The minimum atomic E-state index is -3.45. The fourth-order valence-electron chi connectivity index (χ4n) is 1.86. The zero-order valence-corrected chi connectivity index (χ0v) is 14.6. The van der Waals surface area contributed by atoms with Gasteiger partial charge in [0.25, 0.3) is 10.0 Å². The molecular weight excluding hydrogens is 328 g/mol. The minimum absolute atomic E-state index is 0.0835. The molecule has 6 nitrogen and oxygen atoms in total. The van der Waals surface area contributed by atoms with Gasteiger partial charge >= 0.3 is 0 Å². The SMILES string of the molecule is O=S(=O)(c1ccn(CCCO)n1)N(PC1CC1)PC1CC1. The van der Waals surface area contributed by atoms with Crippen LogP contribution in [0.3, 0.4) is 0 Å². The molecule has 2 aliphatic rings. The Kier molecular flexibility index (Phi) is 4.97. The third-order valence-electron chi connectivity index (χ3n) is 3.42. The van der Waals surface area contributed by atoms with E-state index in [9.17, 15) is 8.42 Å². The van der Waals surface area contributed by atoms with E-state index < -0.39 is 10.0 Å². The zero-order valence-electron chi connectivity index (χ0n) is 11.8. The Morgan fingerprint density at radius 2 is 1.90 bits per heavy atom. The molecule has 0 aromatic carbocycles. The van der Waals surface area contributed by atoms with Crippen molar-refractivity contribution in [1.29, 1.82) is 0 Å². The number of hydrogen-bond donors (Lipinski definition) is 1. The first-order valence-electron chi connectivity index (χ1n) is 7.31. The van der Waals surface area contributed by atoms with Crippen LogP contribution in [0.2, 0.25) is 0 Å². The van der Waals surface area contributed by atoms with Crippen molar-refractivity contribution in [2.45, 2.75) is 55.0 Å². The van der Waals surface area contributed by atoms with Crippen LogP contribution in [0.4, 0.5) is 0 Å². The largest absolute Gasteiger partial charge is 0.396 e. The Labute approximate surface area is 129 Å². The molecule has 9 heteroatoms. The number of nitrogens with zero attached hydrogens (tertiary/aromatic N) is 3. The summed E-state index contributed by atoms with van der Waals surface area (Å²) in [7, 11) is -2.69. The van der Waals surface area contributed by atoms with E-state index in [0.717, 1.165) is 25.7 Å². The van der Waals surface area contributed by atoms with Gasteiger partial charge in [0.1, 0.15) is 0 Å². The highest BCUT2D eigenvalue weighted by Crippen LogP contribution is 2.54. The van der Waals surface area contributed by atoms with Gasteiger partial charge in [0, 0.05) is 19.3 Å². The van der Waals surface area contributed by atoms with Crippen molar-refractivity contribution in [3.05, 3.63) is 12.3 Å². The molecule has 2 aliphatic carbocycles. The van der Waals surface area contributed by atoms with Crippen LogP contribution in [0.5, 0.6) is 0 Å². The third kappa shape index (κ3) is 4.23. The Morgan fingerprint density at radius 1 is 1.29 bits per heavy atom. The second-order valence-electron chi connectivity index (χ2n) is 5.57. The average Bonchev–Trinajstić information content (AvgIpc) is 3.38. The molecule has 1 heterocycles. The monoisotopic (exact) mass is 349 g/mol. The van der Waals surface area contributed by atoms with Gasteiger partial charge in [0.05, 0.1) is 0 Å². The number of hydrogen-bond acceptors (Lipinski definition) is 4. The van der Waals surface area contributed by atoms with E-state index in [4.69, 9.17) is 5.11 Å². The lowest BCUT2D eigenvalue weighted by Gasteiger charge is -2.20. The summed E-state index contributed by atoms with van der Waals surface area (Å²) in [5.74, 6) is 0. The van der Waals surface area contributed by atoms with Crippen molar-refractivity contribution < 1.29 is 13.5 Å². The highest BCUT2D eigenvalue weighted by atomic mass is 32.2. The normalized spacial score (nSPS) is 20.5. The summed E-state index contributed by atoms with van der Waals surface area (Å²) in [5, 5.41) is 13.2. The summed E-state index contributed by atoms with van der Waals surface area (Å²) in [4.78, 5) is 0. The second kappa shape index (κ2) is 6.59. The van der Waals surface area contributed by atoms with Gasteiger partial charge in [-0.3, -0.25) is 4.68 Å². The van der Waals surface area contributed by atoms with E-state index in [1.54, 1.807) is 20.8 Å². The molecule has 21 heavy (non-hydrogen) atoms. The number of rotatable bonds is 9. The third-order valence-corrected chi connectivity index (χ3v) is 9.85. The van der Waals surface area contributed by atoms with Crippen molar-refractivity contribution in [2.24, 2.45) is 0 Å². The van der Waals surface area contributed by atoms with Crippen LogP contribution < -0.4 is 0 Å². The van der Waals surface area contributed by atoms with Crippen LogP contribution in [0.15, 0.2) is 17.3 Å². The van der Waals surface area contributed by atoms with Gasteiger partial charge < -0.3 is 5.11 Å². The summed E-state index contributed by atoms with van der Waals surface area (Å²) < 4.78 is 28.8. The van der Waals surface area contributed by atoms with Crippen LogP contribution in [0.25, 0.3) is 0 Å². The van der Waals surface area contributed by atoms with Crippen LogP contribution in [-0.2, 0) is 16.6 Å². The second-order valence-corrected chi connectivity index (χ2v) is 11.4. The Morgan fingerprint density at radius 3 is 2.43 bits per heavy atom. The summed E-state index contributed by atoms with van der Waals surface area (Å²) in [5.41, 5.74) is 1.14. The van der Waals surface area contributed by atoms with E-state index in [1.807, 2.05) is 0 Å². The summed E-state index contributed by atoms with van der Waals surface area (Å²) in [6, 6.07) is 1.58. The molecule has 0 saturated heterocycles. The molecular formula is C12H21N3O3P2S. The average molecular weight is 349 g/mol. The van der Waals surface area contributed by atoms with Gasteiger partial charge in [-0.15, -0.1) is 0 Å². The molecule has 0 spiro atoms. The fourth-order valence-corrected chi connectivity index (χ4v) is 7.96. The van der Waals surface area contributed by atoms with Crippen LogP contribution in [0, 0.1) is 0 Å².